The summed E-state index contributed by atoms with van der Waals surface area (Å²) < 4.78 is 15.1. The molecule has 0 unspecified atom stereocenters. The zero-order chi connectivity index (χ0) is 29.5. The predicted octanol–water partition coefficient (Wildman–Crippen LogP) is 1.77. The van der Waals surface area contributed by atoms with E-state index in [1.54, 1.807) is 44.5 Å². The second-order valence-corrected chi connectivity index (χ2v) is 10.8. The lowest BCUT2D eigenvalue weighted by atomic mass is 10.0. The van der Waals surface area contributed by atoms with Crippen LogP contribution >= 0.6 is 23.1 Å². The lowest BCUT2D eigenvalue weighted by molar-refractivity contribution is -0.153. The minimum atomic E-state index is -1.01. The van der Waals surface area contributed by atoms with Crippen molar-refractivity contribution in [2.45, 2.75) is 31.4 Å². The van der Waals surface area contributed by atoms with Crippen molar-refractivity contribution in [1.82, 2.24) is 20.2 Å². The number of pyridine rings is 1. The number of nitrogen functional groups attached to an aromatic ring is 1. The molecule has 4 N–H and O–H groups in total. The first-order valence-electron chi connectivity index (χ1n) is 12.2. The van der Waals surface area contributed by atoms with Crippen LogP contribution in [0.4, 0.5) is 9.93 Å². The summed E-state index contributed by atoms with van der Waals surface area (Å²) in [6.07, 6.45) is 5.43. The molecular weight excluding hydrogens is 576 g/mol. The molecule has 0 bridgehead atoms. The van der Waals surface area contributed by atoms with Gasteiger partial charge in [-0.15, -0.1) is 23.1 Å². The molecule has 2 aromatic heterocycles. The van der Waals surface area contributed by atoms with Crippen molar-refractivity contribution in [2.75, 3.05) is 24.7 Å². The van der Waals surface area contributed by atoms with E-state index in [1.165, 1.54) is 22.0 Å². The van der Waals surface area contributed by atoms with Gasteiger partial charge in [-0.1, -0.05) is 23.4 Å². The van der Waals surface area contributed by atoms with E-state index in [0.717, 1.165) is 16.9 Å². The molecule has 1 fully saturated rings. The summed E-state index contributed by atoms with van der Waals surface area (Å²) in [7, 11) is 0. The maximum absolute atomic E-state index is 13.2. The Morgan fingerprint density at radius 2 is 2.07 bits per heavy atom. The average Bonchev–Trinajstić information content (AvgIpc) is 3.38. The molecule has 2 aromatic rings. The summed E-state index contributed by atoms with van der Waals surface area (Å²) in [5, 5.41) is 15.9. The molecule has 0 saturated carbocycles. The summed E-state index contributed by atoms with van der Waals surface area (Å²) in [5.74, 6) is -1.91. The summed E-state index contributed by atoms with van der Waals surface area (Å²) in [4.78, 5) is 60.0. The fraction of sp³-hybridized carbons (Fsp3) is 0.320. The number of anilines is 1. The first-order valence-corrected chi connectivity index (χ1v) is 14.1. The number of esters is 1. The Kier molecular flexibility index (Phi) is 9.57. The standard InChI is InChI=1S/C25H26N6O8S2/c1-13(2)39-25(35)38-9-8-37-23(34)19-15(6-5-14-4-3-7-27-10-14)11-40-22-18(21(33)31(19)22)29-20(32)17(30-36)16-12-41-24(26)28-16/h3-7,10,12-13,18,22,36H,8-9,11H2,1-2H3,(H2,26,28)(H,29,32)/b6-5-,30-17?/t18-,22+/m1/s1. The molecule has 4 rings (SSSR count). The van der Waals surface area contributed by atoms with Crippen LogP contribution in [0.15, 0.2) is 52.4 Å². The molecule has 216 valence electrons. The number of β-lactam (4-membered cyclic amide) rings is 1. The number of fused-ring (bicyclic) bond motifs is 1. The van der Waals surface area contributed by atoms with E-state index >= 15 is 0 Å². The molecule has 2 aliphatic heterocycles. The first-order chi connectivity index (χ1) is 19.7. The number of allylic oxidation sites excluding steroid dienone is 1. The van der Waals surface area contributed by atoms with E-state index in [2.05, 4.69) is 20.4 Å². The lowest BCUT2D eigenvalue weighted by Crippen LogP contribution is -2.71. The quantitative estimate of drug-likeness (QED) is 0.0892. The SMILES string of the molecule is CC(C)OC(=O)OCCOC(=O)C1=C(/C=C\c2cccnc2)CS[C@H]2[C@H](NC(=O)C(=NO)c3csc(N)n3)C(=O)N12. The lowest BCUT2D eigenvalue weighted by Gasteiger charge is -2.49. The molecule has 2 atom stereocenters. The van der Waals surface area contributed by atoms with Crippen molar-refractivity contribution >= 4 is 64.0 Å². The van der Waals surface area contributed by atoms with Gasteiger partial charge in [0.2, 0.25) is 0 Å². The molecule has 2 amide bonds. The Labute approximate surface area is 242 Å². The number of amides is 2. The van der Waals surface area contributed by atoms with Gasteiger partial charge in [0.15, 0.2) is 10.8 Å². The van der Waals surface area contributed by atoms with Crippen LogP contribution in [0.5, 0.6) is 0 Å². The highest BCUT2D eigenvalue weighted by Crippen LogP contribution is 2.41. The number of nitrogens with two attached hydrogens (primary N) is 1. The summed E-state index contributed by atoms with van der Waals surface area (Å²) >= 11 is 2.38. The Morgan fingerprint density at radius 3 is 2.73 bits per heavy atom. The van der Waals surface area contributed by atoms with Crippen LogP contribution < -0.4 is 11.1 Å². The van der Waals surface area contributed by atoms with E-state index in [4.69, 9.17) is 19.9 Å². The molecule has 0 aliphatic carbocycles. The van der Waals surface area contributed by atoms with Crippen LogP contribution in [-0.2, 0) is 28.6 Å². The number of carbonyl (C=O) groups is 4. The van der Waals surface area contributed by atoms with Gasteiger partial charge < -0.3 is 30.5 Å². The molecule has 4 heterocycles. The fourth-order valence-electron chi connectivity index (χ4n) is 3.80. The number of thioether (sulfide) groups is 1. The number of nitrogens with one attached hydrogen (secondary N) is 1. The zero-order valence-electron chi connectivity index (χ0n) is 21.9. The van der Waals surface area contributed by atoms with Gasteiger partial charge in [-0.2, -0.15) is 0 Å². The molecule has 14 nitrogen and oxygen atoms in total. The highest BCUT2D eigenvalue weighted by Gasteiger charge is 2.54. The van der Waals surface area contributed by atoms with E-state index in [-0.39, 0.29) is 35.8 Å². The maximum atomic E-state index is 13.2. The average molecular weight is 603 g/mol. The van der Waals surface area contributed by atoms with Gasteiger partial charge in [-0.3, -0.25) is 19.5 Å². The van der Waals surface area contributed by atoms with Crippen molar-refractivity contribution in [3.63, 3.8) is 0 Å². The Balaban J connectivity index is 1.49. The Hall–Kier alpha value is -4.44. The number of hydrogen-bond acceptors (Lipinski definition) is 14. The molecule has 2 aliphatic rings. The highest BCUT2D eigenvalue weighted by molar-refractivity contribution is 8.00. The second-order valence-electron chi connectivity index (χ2n) is 8.78. The molecule has 41 heavy (non-hydrogen) atoms. The van der Waals surface area contributed by atoms with Crippen LogP contribution in [0.25, 0.3) is 6.08 Å². The van der Waals surface area contributed by atoms with Crippen LogP contribution in [0.2, 0.25) is 0 Å². The van der Waals surface area contributed by atoms with Gasteiger partial charge in [0.1, 0.15) is 36.0 Å². The predicted molar refractivity (Wildman–Crippen MR) is 149 cm³/mol. The Morgan fingerprint density at radius 1 is 1.29 bits per heavy atom. The third-order valence-corrected chi connectivity index (χ3v) is 7.56. The van der Waals surface area contributed by atoms with Crippen molar-refractivity contribution in [1.29, 1.82) is 0 Å². The first kappa shape index (κ1) is 29.5. The van der Waals surface area contributed by atoms with Crippen LogP contribution in [0.3, 0.4) is 0 Å². The van der Waals surface area contributed by atoms with Crippen LogP contribution in [0, 0.1) is 0 Å². The van der Waals surface area contributed by atoms with Gasteiger partial charge in [-0.05, 0) is 31.1 Å². The van der Waals surface area contributed by atoms with Crippen LogP contribution in [0.1, 0.15) is 25.1 Å². The zero-order valence-corrected chi connectivity index (χ0v) is 23.5. The van der Waals surface area contributed by atoms with E-state index in [0.29, 0.717) is 11.3 Å². The van der Waals surface area contributed by atoms with E-state index in [1.807, 2.05) is 6.07 Å². The van der Waals surface area contributed by atoms with Gasteiger partial charge in [0.05, 0.1) is 6.10 Å². The number of hydrogen-bond donors (Lipinski definition) is 3. The number of oxime groups is 1. The minimum Gasteiger partial charge on any atom is -0.457 e. The van der Waals surface area contributed by atoms with E-state index < -0.39 is 41.1 Å². The number of carbonyl (C=O) groups excluding carboxylic acids is 4. The molecule has 16 heteroatoms. The summed E-state index contributed by atoms with van der Waals surface area (Å²) in [5.41, 5.74) is 6.53. The number of ether oxygens (including phenoxy) is 3. The molecule has 0 aromatic carbocycles. The third kappa shape index (κ3) is 7.01. The summed E-state index contributed by atoms with van der Waals surface area (Å²) in [6, 6.07) is 2.57. The molecular formula is C25H26N6O8S2. The molecule has 0 radical (unpaired) electrons. The second kappa shape index (κ2) is 13.3. The largest absolute Gasteiger partial charge is 0.508 e. The maximum Gasteiger partial charge on any atom is 0.508 e. The molecule has 0 spiro atoms. The van der Waals surface area contributed by atoms with Gasteiger partial charge in [0, 0.05) is 23.5 Å². The van der Waals surface area contributed by atoms with Gasteiger partial charge >= 0.3 is 12.1 Å². The fourth-order valence-corrected chi connectivity index (χ4v) is 5.67. The van der Waals surface area contributed by atoms with Crippen LogP contribution in [-0.4, -0.2) is 86.2 Å². The van der Waals surface area contributed by atoms with Crippen molar-refractivity contribution in [2.24, 2.45) is 5.16 Å². The smallest absolute Gasteiger partial charge is 0.457 e. The van der Waals surface area contributed by atoms with E-state index in [9.17, 15) is 24.4 Å². The monoisotopic (exact) mass is 602 g/mol. The van der Waals surface area contributed by atoms with Crippen molar-refractivity contribution in [3.05, 3.63) is 58.5 Å². The number of rotatable bonds is 10. The number of thiazole rings is 1. The summed E-state index contributed by atoms with van der Waals surface area (Å²) in [6.45, 7) is 2.80. The van der Waals surface area contributed by atoms with Gasteiger partial charge in [-0.25, -0.2) is 14.6 Å². The topological polar surface area (TPSA) is 196 Å². The van der Waals surface area contributed by atoms with Crippen molar-refractivity contribution in [3.8, 4) is 0 Å². The Bertz CT molecular complexity index is 1410. The van der Waals surface area contributed by atoms with Gasteiger partial charge in [0.25, 0.3) is 11.8 Å². The number of aromatic nitrogens is 2. The number of nitrogens with zero attached hydrogens (tertiary/aromatic N) is 4. The highest BCUT2D eigenvalue weighted by atomic mass is 32.2. The normalized spacial score (nSPS) is 18.7. The van der Waals surface area contributed by atoms with Crippen molar-refractivity contribution < 1.29 is 38.6 Å². The molecule has 1 saturated heterocycles. The minimum absolute atomic E-state index is 0.00234. The third-order valence-electron chi connectivity index (χ3n) is 5.59.